The monoisotopic (exact) mass is 373 g/mol. The van der Waals surface area contributed by atoms with E-state index in [1.807, 2.05) is 0 Å². The van der Waals surface area contributed by atoms with Crippen LogP contribution >= 0.6 is 0 Å². The average Bonchev–Trinajstić information content (AvgIpc) is 2.64. The van der Waals surface area contributed by atoms with Crippen molar-refractivity contribution in [1.82, 2.24) is 0 Å². The molecule has 0 aliphatic heterocycles. The highest BCUT2D eigenvalue weighted by Gasteiger charge is 2.03. The Morgan fingerprint density at radius 2 is 1.00 bits per heavy atom. The molecule has 7 nitrogen and oxygen atoms in total. The maximum Gasteiger partial charge on any atom is 0.333 e. The molecule has 151 valence electrons. The van der Waals surface area contributed by atoms with Crippen LogP contribution in [0.25, 0.3) is 0 Å². The molecule has 0 aromatic carbocycles. The van der Waals surface area contributed by atoms with Gasteiger partial charge in [0.1, 0.15) is 13.2 Å². The van der Waals surface area contributed by atoms with Crippen molar-refractivity contribution >= 4 is 11.9 Å². The fourth-order valence-electron chi connectivity index (χ4n) is 0.955. The first-order valence-corrected chi connectivity index (χ1v) is 7.95. The number of carbonyl (C=O) groups excluding carboxylic acids is 2. The minimum atomic E-state index is -0.427. The smallest absolute Gasteiger partial charge is 0.333 e. The van der Waals surface area contributed by atoms with E-state index in [-0.39, 0.29) is 13.2 Å². The molecule has 0 amide bonds. The van der Waals surface area contributed by atoms with Crippen LogP contribution in [0.1, 0.15) is 13.8 Å². The molecule has 7 heteroatoms. The average molecular weight is 373 g/mol. The lowest BCUT2D eigenvalue weighted by molar-refractivity contribution is -0.142. The summed E-state index contributed by atoms with van der Waals surface area (Å²) >= 11 is 0. The Kier molecular flexibility index (Phi) is 26.1. The standard InChI is InChI=1S/C14H22O6.C3H7O.C2H4/c1-11(2)13(15)19-9-7-17-5-6-18-8-10-20-14(16)12(3)4;1-3-4-2;1-2/h1,3,5-10H2,2,4H3;1,3H2,2H3;1-2H2. The summed E-state index contributed by atoms with van der Waals surface area (Å²) in [6.07, 6.45) is 0. The van der Waals surface area contributed by atoms with Gasteiger partial charge in [0.25, 0.3) is 0 Å². The highest BCUT2D eigenvalue weighted by Crippen LogP contribution is 1.92. The number of hydrogen-bond acceptors (Lipinski definition) is 7. The number of rotatable bonds is 12. The van der Waals surface area contributed by atoms with Crippen molar-refractivity contribution in [3.8, 4) is 0 Å². The third-order valence-corrected chi connectivity index (χ3v) is 2.19. The number of carbonyl (C=O) groups is 2. The van der Waals surface area contributed by atoms with Gasteiger partial charge in [-0.1, -0.05) is 27.0 Å². The van der Waals surface area contributed by atoms with Crippen molar-refractivity contribution in [2.45, 2.75) is 13.8 Å². The van der Waals surface area contributed by atoms with Crippen LogP contribution in [0.3, 0.4) is 0 Å². The molecule has 0 aliphatic carbocycles. The van der Waals surface area contributed by atoms with Gasteiger partial charge in [0, 0.05) is 24.9 Å². The summed E-state index contributed by atoms with van der Waals surface area (Å²) in [5, 5.41) is 0. The molecule has 0 spiro atoms. The van der Waals surface area contributed by atoms with Crippen LogP contribution < -0.4 is 0 Å². The molecule has 0 heterocycles. The Morgan fingerprint density at radius 3 is 1.23 bits per heavy atom. The number of ether oxygens (including phenoxy) is 5. The topological polar surface area (TPSA) is 80.3 Å². The molecule has 0 aromatic heterocycles. The van der Waals surface area contributed by atoms with E-state index in [0.717, 1.165) is 0 Å². The van der Waals surface area contributed by atoms with Crippen LogP contribution in [-0.2, 0) is 33.3 Å². The zero-order valence-corrected chi connectivity index (χ0v) is 16.3. The van der Waals surface area contributed by atoms with Crippen LogP contribution in [0.15, 0.2) is 24.3 Å². The highest BCUT2D eigenvalue weighted by molar-refractivity contribution is 5.87. The molecule has 0 unspecified atom stereocenters. The molecule has 0 aromatic rings. The Hall–Kier alpha value is -1.70. The second-order valence-electron chi connectivity index (χ2n) is 4.55. The molecular weight excluding hydrogens is 340 g/mol. The number of esters is 2. The van der Waals surface area contributed by atoms with E-state index in [9.17, 15) is 9.59 Å². The van der Waals surface area contributed by atoms with E-state index in [4.69, 9.17) is 18.9 Å². The first kappa shape index (κ1) is 29.1. The van der Waals surface area contributed by atoms with Crippen LogP contribution in [0.5, 0.6) is 0 Å². The predicted molar refractivity (Wildman–Crippen MR) is 101 cm³/mol. The number of hydrogen-bond donors (Lipinski definition) is 0. The molecule has 0 fully saturated rings. The molecule has 0 N–H and O–H groups in total. The van der Waals surface area contributed by atoms with Gasteiger partial charge in [-0.15, -0.1) is 0 Å². The minimum Gasteiger partial charge on any atom is -0.460 e. The van der Waals surface area contributed by atoms with Gasteiger partial charge in [0.05, 0.1) is 26.4 Å². The zero-order valence-electron chi connectivity index (χ0n) is 16.3. The van der Waals surface area contributed by atoms with E-state index >= 15 is 0 Å². The summed E-state index contributed by atoms with van der Waals surface area (Å²) in [5.41, 5.74) is 0.718. The lowest BCUT2D eigenvalue weighted by Crippen LogP contribution is -2.15. The van der Waals surface area contributed by atoms with Crippen molar-refractivity contribution in [2.75, 3.05) is 53.4 Å². The molecule has 0 saturated carbocycles. The van der Waals surface area contributed by atoms with Gasteiger partial charge in [-0.2, -0.15) is 0 Å². The minimum absolute atomic E-state index is 0.182. The van der Waals surface area contributed by atoms with Crippen LogP contribution in [-0.4, -0.2) is 65.3 Å². The van der Waals surface area contributed by atoms with Gasteiger partial charge in [-0.05, 0) is 20.8 Å². The molecular formula is C19H33O7. The molecule has 0 rings (SSSR count). The van der Waals surface area contributed by atoms with Crippen molar-refractivity contribution in [3.63, 3.8) is 0 Å². The summed E-state index contributed by atoms with van der Waals surface area (Å²) in [4.78, 5) is 22.0. The van der Waals surface area contributed by atoms with Crippen molar-refractivity contribution < 1.29 is 33.3 Å². The van der Waals surface area contributed by atoms with Gasteiger partial charge in [0.2, 0.25) is 0 Å². The highest BCUT2D eigenvalue weighted by atomic mass is 16.6. The SMILES string of the molecule is C=C(C)C(=O)OCCOCCOCCOC(=O)C(=C)C.[CH2]COC.[CH2][CH2]. The van der Waals surface area contributed by atoms with Gasteiger partial charge in [-0.25, -0.2) is 9.59 Å². The summed E-state index contributed by atoms with van der Waals surface area (Å²) in [6.45, 7) is 21.7. The lowest BCUT2D eigenvalue weighted by Gasteiger charge is -2.07. The quantitative estimate of drug-likeness (QED) is 0.295. The second kappa shape index (κ2) is 23.3. The molecule has 3 radical (unpaired) electrons. The van der Waals surface area contributed by atoms with Crippen LogP contribution in [0.2, 0.25) is 0 Å². The Balaban J connectivity index is -0.000000769. The largest absolute Gasteiger partial charge is 0.460 e. The molecule has 0 atom stereocenters. The maximum atomic E-state index is 11.0. The van der Waals surface area contributed by atoms with Gasteiger partial charge >= 0.3 is 11.9 Å². The van der Waals surface area contributed by atoms with Crippen molar-refractivity contribution in [3.05, 3.63) is 45.1 Å². The van der Waals surface area contributed by atoms with Crippen LogP contribution in [0.4, 0.5) is 0 Å². The maximum absolute atomic E-state index is 11.0. The third kappa shape index (κ3) is 24.6. The van der Waals surface area contributed by atoms with Crippen molar-refractivity contribution in [2.24, 2.45) is 0 Å². The molecule has 0 bridgehead atoms. The lowest BCUT2D eigenvalue weighted by atomic mass is 10.4. The van der Waals surface area contributed by atoms with E-state index < -0.39 is 11.9 Å². The normalized spacial score (nSPS) is 9.00. The molecule has 0 aliphatic rings. The fraction of sp³-hybridized carbons (Fsp3) is 0.526. The molecule has 0 saturated heterocycles. The van der Waals surface area contributed by atoms with Gasteiger partial charge in [-0.3, -0.25) is 0 Å². The van der Waals surface area contributed by atoms with E-state index in [0.29, 0.717) is 44.2 Å². The zero-order chi connectivity index (χ0) is 20.8. The second-order valence-corrected chi connectivity index (χ2v) is 4.55. The van der Waals surface area contributed by atoms with E-state index in [2.05, 4.69) is 38.7 Å². The summed E-state index contributed by atoms with van der Waals surface area (Å²) < 4.78 is 24.4. The first-order valence-electron chi connectivity index (χ1n) is 7.95. The first-order chi connectivity index (χ1) is 12.4. The van der Waals surface area contributed by atoms with Gasteiger partial charge in [0.15, 0.2) is 0 Å². The van der Waals surface area contributed by atoms with E-state index in [1.165, 1.54) is 0 Å². The predicted octanol–water partition coefficient (Wildman–Crippen LogP) is 2.38. The fourth-order valence-corrected chi connectivity index (χ4v) is 0.955. The summed E-state index contributed by atoms with van der Waals surface area (Å²) in [5.74, 6) is -0.853. The Labute approximate surface area is 158 Å². The summed E-state index contributed by atoms with van der Waals surface area (Å²) in [6, 6.07) is 0. The Morgan fingerprint density at radius 1 is 0.731 bits per heavy atom. The van der Waals surface area contributed by atoms with Crippen molar-refractivity contribution in [1.29, 1.82) is 0 Å². The number of methoxy groups -OCH3 is 1. The summed E-state index contributed by atoms with van der Waals surface area (Å²) in [7, 11) is 1.62. The van der Waals surface area contributed by atoms with E-state index in [1.54, 1.807) is 21.0 Å². The van der Waals surface area contributed by atoms with Gasteiger partial charge < -0.3 is 23.7 Å². The van der Waals surface area contributed by atoms with Crippen LogP contribution in [0, 0.1) is 20.8 Å². The third-order valence-electron chi connectivity index (χ3n) is 2.19. The molecule has 26 heavy (non-hydrogen) atoms. The Bertz CT molecular complexity index is 342.